The molecular formula is C23H18ClF3N2O6. The summed E-state index contributed by atoms with van der Waals surface area (Å²) < 4.78 is 53.0. The van der Waals surface area contributed by atoms with Gasteiger partial charge in [0.2, 0.25) is 0 Å². The number of carbonyl (C=O) groups is 2. The number of amides is 2. The Hall–Kier alpha value is -3.99. The third-order valence-electron chi connectivity index (χ3n) is 4.44. The maximum Gasteiger partial charge on any atom is 0.387 e. The van der Waals surface area contributed by atoms with E-state index in [2.05, 4.69) is 21.9 Å². The highest BCUT2D eigenvalue weighted by molar-refractivity contribution is 6.30. The first-order valence-electron chi connectivity index (χ1n) is 9.99. The Kier molecular flexibility index (Phi) is 8.37. The minimum absolute atomic E-state index is 0.0253. The molecule has 35 heavy (non-hydrogen) atoms. The number of carbonyl (C=O) groups excluding carboxylic acids is 2. The molecule has 0 fully saturated rings. The molecule has 0 aliphatic carbocycles. The normalized spacial score (nSPS) is 10.8. The van der Waals surface area contributed by atoms with Crippen molar-refractivity contribution in [1.82, 2.24) is 10.6 Å². The van der Waals surface area contributed by atoms with Crippen molar-refractivity contribution in [2.75, 3.05) is 13.2 Å². The Bertz CT molecular complexity index is 1330. The summed E-state index contributed by atoms with van der Waals surface area (Å²) in [5, 5.41) is 4.97. The second-order valence-corrected chi connectivity index (χ2v) is 7.44. The van der Waals surface area contributed by atoms with Gasteiger partial charge in [-0.05, 0) is 24.3 Å². The third-order valence-corrected chi connectivity index (χ3v) is 4.75. The Morgan fingerprint density at radius 1 is 1.11 bits per heavy atom. The molecule has 0 radical (unpaired) electrons. The number of fused-ring (bicyclic) bond motifs is 1. The Balaban J connectivity index is 1.49. The summed E-state index contributed by atoms with van der Waals surface area (Å²) in [4.78, 5) is 36.5. The van der Waals surface area contributed by atoms with Gasteiger partial charge in [-0.1, -0.05) is 18.2 Å². The average molecular weight is 511 g/mol. The van der Waals surface area contributed by atoms with Crippen molar-refractivity contribution >= 4 is 34.4 Å². The summed E-state index contributed by atoms with van der Waals surface area (Å²) in [5.41, 5.74) is -0.384. The molecule has 184 valence electrons. The van der Waals surface area contributed by atoms with Crippen LogP contribution in [0.1, 0.15) is 17.0 Å². The molecule has 0 spiro atoms. The van der Waals surface area contributed by atoms with Crippen LogP contribution >= 0.6 is 11.6 Å². The standard InChI is InChI=1S/C23H18ClF3N2O6/c1-12(29-21(31)11-33-13-3-5-16(24)17(25)8-13)6-7-28-22(32)20-10-18(30)15-4-2-14(34-23(26)27)9-19(15)35-20/h2-5,8-10,23H,1,6-7,11H2,(H,28,32)(H,29,31). The minimum Gasteiger partial charge on any atom is -0.484 e. The van der Waals surface area contributed by atoms with Crippen LogP contribution in [0.5, 0.6) is 11.5 Å². The van der Waals surface area contributed by atoms with E-state index in [-0.39, 0.29) is 51.9 Å². The van der Waals surface area contributed by atoms with E-state index in [1.54, 1.807) is 0 Å². The molecule has 8 nitrogen and oxygen atoms in total. The van der Waals surface area contributed by atoms with E-state index in [0.29, 0.717) is 0 Å². The van der Waals surface area contributed by atoms with Gasteiger partial charge in [-0.3, -0.25) is 14.4 Å². The van der Waals surface area contributed by atoms with Crippen molar-refractivity contribution in [1.29, 1.82) is 0 Å². The molecule has 0 unspecified atom stereocenters. The number of hydrogen-bond donors (Lipinski definition) is 2. The van der Waals surface area contributed by atoms with Crippen LogP contribution in [0.2, 0.25) is 5.02 Å². The molecular weight excluding hydrogens is 493 g/mol. The molecule has 0 saturated heterocycles. The maximum absolute atomic E-state index is 13.4. The molecule has 0 aliphatic heterocycles. The minimum atomic E-state index is -3.06. The topological polar surface area (TPSA) is 107 Å². The predicted molar refractivity (Wildman–Crippen MR) is 120 cm³/mol. The first-order chi connectivity index (χ1) is 16.6. The zero-order chi connectivity index (χ0) is 25.5. The van der Waals surface area contributed by atoms with E-state index in [9.17, 15) is 27.6 Å². The summed E-state index contributed by atoms with van der Waals surface area (Å²) in [5.74, 6) is -2.44. The number of ether oxygens (including phenoxy) is 2. The highest BCUT2D eigenvalue weighted by atomic mass is 35.5. The average Bonchev–Trinajstić information content (AvgIpc) is 2.79. The lowest BCUT2D eigenvalue weighted by atomic mass is 10.2. The maximum atomic E-state index is 13.4. The second kappa shape index (κ2) is 11.4. The largest absolute Gasteiger partial charge is 0.484 e. The molecule has 3 rings (SSSR count). The van der Waals surface area contributed by atoms with Crippen molar-refractivity contribution in [2.24, 2.45) is 0 Å². The molecule has 1 aromatic heterocycles. The number of benzene rings is 2. The van der Waals surface area contributed by atoms with Gasteiger partial charge in [-0.25, -0.2) is 4.39 Å². The van der Waals surface area contributed by atoms with Gasteiger partial charge in [0.1, 0.15) is 22.9 Å². The Morgan fingerprint density at radius 3 is 2.57 bits per heavy atom. The molecule has 0 aliphatic rings. The van der Waals surface area contributed by atoms with Crippen LogP contribution in [0.3, 0.4) is 0 Å². The molecule has 1 heterocycles. The fraction of sp³-hybridized carbons (Fsp3) is 0.174. The molecule has 12 heteroatoms. The molecule has 3 aromatic rings. The highest BCUT2D eigenvalue weighted by Crippen LogP contribution is 2.22. The van der Waals surface area contributed by atoms with Crippen LogP contribution in [0, 0.1) is 5.82 Å². The van der Waals surface area contributed by atoms with Gasteiger partial charge in [0.05, 0.1) is 10.4 Å². The van der Waals surface area contributed by atoms with Gasteiger partial charge < -0.3 is 24.5 Å². The van der Waals surface area contributed by atoms with Gasteiger partial charge in [0.15, 0.2) is 17.8 Å². The third kappa shape index (κ3) is 7.24. The SMILES string of the molecule is C=C(CCNC(=O)c1cc(=O)c2ccc(OC(F)F)cc2o1)NC(=O)COc1ccc(Cl)c(F)c1. The van der Waals surface area contributed by atoms with Crippen LogP contribution < -0.4 is 25.5 Å². The molecule has 0 bridgehead atoms. The molecule has 0 saturated carbocycles. The van der Waals surface area contributed by atoms with E-state index in [1.807, 2.05) is 0 Å². The van der Waals surface area contributed by atoms with E-state index in [4.69, 9.17) is 20.8 Å². The van der Waals surface area contributed by atoms with E-state index in [1.165, 1.54) is 24.3 Å². The monoisotopic (exact) mass is 510 g/mol. The first kappa shape index (κ1) is 25.6. The summed E-state index contributed by atoms with van der Waals surface area (Å²) in [7, 11) is 0. The number of halogens is 4. The van der Waals surface area contributed by atoms with Crippen molar-refractivity contribution in [3.8, 4) is 11.5 Å². The summed E-state index contributed by atoms with van der Waals surface area (Å²) in [6, 6.07) is 8.22. The fourth-order valence-electron chi connectivity index (χ4n) is 2.85. The van der Waals surface area contributed by atoms with Crippen molar-refractivity contribution in [3.63, 3.8) is 0 Å². The van der Waals surface area contributed by atoms with E-state index in [0.717, 1.165) is 18.2 Å². The number of hydrogen-bond acceptors (Lipinski definition) is 6. The van der Waals surface area contributed by atoms with Crippen LogP contribution in [-0.4, -0.2) is 31.6 Å². The number of alkyl halides is 2. The van der Waals surface area contributed by atoms with Crippen LogP contribution in [0.4, 0.5) is 13.2 Å². The van der Waals surface area contributed by atoms with Crippen molar-refractivity contribution < 1.29 is 36.7 Å². The van der Waals surface area contributed by atoms with E-state index >= 15 is 0 Å². The predicted octanol–water partition coefficient (Wildman–Crippen LogP) is 4.02. The zero-order valence-corrected chi connectivity index (χ0v) is 18.7. The summed E-state index contributed by atoms with van der Waals surface area (Å²) in [6.45, 7) is 0.219. The molecule has 2 aromatic carbocycles. The molecule has 0 atom stereocenters. The number of rotatable bonds is 10. The fourth-order valence-corrected chi connectivity index (χ4v) is 2.97. The molecule has 2 amide bonds. The summed E-state index contributed by atoms with van der Waals surface area (Å²) >= 11 is 5.58. The first-order valence-corrected chi connectivity index (χ1v) is 10.4. The van der Waals surface area contributed by atoms with Crippen molar-refractivity contribution in [2.45, 2.75) is 13.0 Å². The highest BCUT2D eigenvalue weighted by Gasteiger charge is 2.14. The lowest BCUT2D eigenvalue weighted by molar-refractivity contribution is -0.122. The van der Waals surface area contributed by atoms with Crippen LogP contribution in [0.25, 0.3) is 11.0 Å². The smallest absolute Gasteiger partial charge is 0.387 e. The van der Waals surface area contributed by atoms with Gasteiger partial charge in [-0.15, -0.1) is 0 Å². The van der Waals surface area contributed by atoms with Gasteiger partial charge in [-0.2, -0.15) is 8.78 Å². The summed E-state index contributed by atoms with van der Waals surface area (Å²) in [6.07, 6.45) is 0.136. The lowest BCUT2D eigenvalue weighted by Gasteiger charge is -2.11. The van der Waals surface area contributed by atoms with Gasteiger partial charge in [0, 0.05) is 36.9 Å². The van der Waals surface area contributed by atoms with Crippen LogP contribution in [-0.2, 0) is 4.79 Å². The lowest BCUT2D eigenvalue weighted by Crippen LogP contribution is -2.31. The molecule has 2 N–H and O–H groups in total. The second-order valence-electron chi connectivity index (χ2n) is 7.03. The van der Waals surface area contributed by atoms with Gasteiger partial charge in [0.25, 0.3) is 11.8 Å². The zero-order valence-electron chi connectivity index (χ0n) is 17.9. The van der Waals surface area contributed by atoms with Crippen molar-refractivity contribution in [3.05, 3.63) is 81.6 Å². The van der Waals surface area contributed by atoms with Crippen LogP contribution in [0.15, 0.2) is 64.0 Å². The Morgan fingerprint density at radius 2 is 1.86 bits per heavy atom. The quantitative estimate of drug-likeness (QED) is 0.427. The van der Waals surface area contributed by atoms with Gasteiger partial charge >= 0.3 is 6.61 Å². The Labute approximate surface area is 201 Å². The number of nitrogens with one attached hydrogen (secondary N) is 2. The van der Waals surface area contributed by atoms with E-state index < -0.39 is 36.3 Å².